The lowest BCUT2D eigenvalue weighted by atomic mass is 9.97. The van der Waals surface area contributed by atoms with E-state index in [1.807, 2.05) is 42.5 Å². The third-order valence-corrected chi connectivity index (χ3v) is 5.10. The zero-order valence-electron chi connectivity index (χ0n) is 16.2. The Kier molecular flexibility index (Phi) is 5.50. The molecule has 0 radical (unpaired) electrons. The second-order valence-electron chi connectivity index (χ2n) is 6.74. The molecule has 0 atom stereocenters. The van der Waals surface area contributed by atoms with E-state index < -0.39 is 5.97 Å². The minimum atomic E-state index is -0.572. The van der Waals surface area contributed by atoms with Gasteiger partial charge in [-0.3, -0.25) is 4.79 Å². The number of carbonyl (C=O) groups excluding carboxylic acids is 2. The van der Waals surface area contributed by atoms with Crippen LogP contribution in [-0.2, 0) is 4.74 Å². The second-order valence-corrected chi connectivity index (χ2v) is 7.18. The molecule has 0 fully saturated rings. The summed E-state index contributed by atoms with van der Waals surface area (Å²) in [5, 5.41) is 5.41. The quantitative estimate of drug-likeness (QED) is 0.404. The van der Waals surface area contributed by atoms with Gasteiger partial charge in [0.1, 0.15) is 0 Å². The number of rotatable bonds is 4. The predicted molar refractivity (Wildman–Crippen MR) is 120 cm³/mol. The van der Waals surface area contributed by atoms with Crippen molar-refractivity contribution >= 4 is 39.9 Å². The maximum absolute atomic E-state index is 12.9. The summed E-state index contributed by atoms with van der Waals surface area (Å²) >= 11 is 5.99. The second kappa shape index (κ2) is 8.39. The number of hydrogen-bond acceptors (Lipinski definition) is 3. The van der Waals surface area contributed by atoms with E-state index in [2.05, 4.69) is 23.5 Å². The van der Waals surface area contributed by atoms with E-state index in [0.717, 1.165) is 21.9 Å². The SMILES string of the molecule is COC(=O)c1cc(Cl)ccc1NC(=O)c1cccc(-c2cccc3ccccc23)c1. The first-order chi connectivity index (χ1) is 14.6. The van der Waals surface area contributed by atoms with Gasteiger partial charge in [0.25, 0.3) is 5.91 Å². The van der Waals surface area contributed by atoms with Crippen LogP contribution in [0.5, 0.6) is 0 Å². The molecule has 0 aliphatic rings. The summed E-state index contributed by atoms with van der Waals surface area (Å²) in [7, 11) is 1.28. The van der Waals surface area contributed by atoms with Gasteiger partial charge in [0, 0.05) is 10.6 Å². The maximum Gasteiger partial charge on any atom is 0.340 e. The lowest BCUT2D eigenvalue weighted by Gasteiger charge is -2.12. The van der Waals surface area contributed by atoms with E-state index in [1.165, 1.54) is 13.2 Å². The van der Waals surface area contributed by atoms with Gasteiger partial charge in [0.15, 0.2) is 0 Å². The first kappa shape index (κ1) is 19.7. The summed E-state index contributed by atoms with van der Waals surface area (Å²) < 4.78 is 4.79. The van der Waals surface area contributed by atoms with Crippen molar-refractivity contribution in [2.45, 2.75) is 0 Å². The Morgan fingerprint density at radius 3 is 2.47 bits per heavy atom. The number of ether oxygens (including phenoxy) is 1. The molecule has 0 aromatic heterocycles. The highest BCUT2D eigenvalue weighted by Crippen LogP contribution is 2.29. The van der Waals surface area contributed by atoms with E-state index in [4.69, 9.17) is 16.3 Å². The Morgan fingerprint density at radius 2 is 1.63 bits per heavy atom. The topological polar surface area (TPSA) is 55.4 Å². The van der Waals surface area contributed by atoms with Crippen LogP contribution >= 0.6 is 11.6 Å². The Labute approximate surface area is 179 Å². The number of benzene rings is 4. The summed E-state index contributed by atoms with van der Waals surface area (Å²) in [5.74, 6) is -0.901. The number of esters is 1. The molecule has 0 unspecified atom stereocenters. The van der Waals surface area contributed by atoms with Crippen molar-refractivity contribution in [3.63, 3.8) is 0 Å². The molecule has 0 saturated heterocycles. The van der Waals surface area contributed by atoms with Crippen molar-refractivity contribution < 1.29 is 14.3 Å². The standard InChI is InChI=1S/C25H18ClNO3/c1-30-25(29)22-15-19(26)12-13-23(22)27-24(28)18-9-4-8-17(14-18)21-11-5-7-16-6-2-3-10-20(16)21/h2-15H,1H3,(H,27,28). The van der Waals surface area contributed by atoms with Gasteiger partial charge in [-0.2, -0.15) is 0 Å². The molecule has 148 valence electrons. The van der Waals surface area contributed by atoms with Crippen LogP contribution < -0.4 is 5.32 Å². The summed E-state index contributed by atoms with van der Waals surface area (Å²) in [4.78, 5) is 24.9. The number of amides is 1. The van der Waals surface area contributed by atoms with Crippen molar-refractivity contribution in [3.8, 4) is 11.1 Å². The number of nitrogens with one attached hydrogen (secondary N) is 1. The van der Waals surface area contributed by atoms with Crippen molar-refractivity contribution in [1.29, 1.82) is 0 Å². The third kappa shape index (κ3) is 3.91. The van der Waals surface area contributed by atoms with Crippen LogP contribution in [0.25, 0.3) is 21.9 Å². The van der Waals surface area contributed by atoms with Crippen molar-refractivity contribution in [2.75, 3.05) is 12.4 Å². The monoisotopic (exact) mass is 415 g/mol. The molecule has 4 rings (SSSR count). The average molecular weight is 416 g/mol. The van der Waals surface area contributed by atoms with E-state index in [0.29, 0.717) is 16.3 Å². The number of hydrogen-bond donors (Lipinski definition) is 1. The molecule has 0 heterocycles. The molecule has 30 heavy (non-hydrogen) atoms. The molecule has 4 aromatic rings. The van der Waals surface area contributed by atoms with Crippen molar-refractivity contribution in [1.82, 2.24) is 0 Å². The lowest BCUT2D eigenvalue weighted by molar-refractivity contribution is 0.0602. The fourth-order valence-corrected chi connectivity index (χ4v) is 3.58. The smallest absolute Gasteiger partial charge is 0.340 e. The molecule has 0 aliphatic carbocycles. The van der Waals surface area contributed by atoms with Crippen LogP contribution in [0.1, 0.15) is 20.7 Å². The molecule has 1 N–H and O–H groups in total. The van der Waals surface area contributed by atoms with Gasteiger partial charge >= 0.3 is 5.97 Å². The van der Waals surface area contributed by atoms with Crippen LogP contribution in [-0.4, -0.2) is 19.0 Å². The van der Waals surface area contributed by atoms with Gasteiger partial charge < -0.3 is 10.1 Å². The van der Waals surface area contributed by atoms with Gasteiger partial charge in [0.05, 0.1) is 18.4 Å². The number of methoxy groups -OCH3 is 1. The maximum atomic E-state index is 12.9. The Bertz CT molecular complexity index is 1260. The molecular formula is C25H18ClNO3. The van der Waals surface area contributed by atoms with Gasteiger partial charge in [-0.25, -0.2) is 4.79 Å². The Hall–Kier alpha value is -3.63. The summed E-state index contributed by atoms with van der Waals surface area (Å²) in [6.45, 7) is 0. The molecular weight excluding hydrogens is 398 g/mol. The molecule has 0 spiro atoms. The van der Waals surface area contributed by atoms with E-state index in [1.54, 1.807) is 18.2 Å². The Balaban J connectivity index is 1.68. The van der Waals surface area contributed by atoms with Crippen molar-refractivity contribution in [3.05, 3.63) is 101 Å². The first-order valence-corrected chi connectivity index (χ1v) is 9.72. The zero-order valence-corrected chi connectivity index (χ0v) is 16.9. The number of anilines is 1. The van der Waals surface area contributed by atoms with Gasteiger partial charge in [-0.05, 0) is 52.2 Å². The Morgan fingerprint density at radius 1 is 0.867 bits per heavy atom. The largest absolute Gasteiger partial charge is 0.465 e. The normalized spacial score (nSPS) is 10.6. The molecule has 5 heteroatoms. The molecule has 4 nitrogen and oxygen atoms in total. The first-order valence-electron chi connectivity index (χ1n) is 9.34. The summed E-state index contributed by atoms with van der Waals surface area (Å²) in [5.41, 5.74) is 3.00. The van der Waals surface area contributed by atoms with Crippen LogP contribution in [0.15, 0.2) is 84.9 Å². The molecule has 0 aliphatic heterocycles. The fraction of sp³-hybridized carbons (Fsp3) is 0.0400. The minimum absolute atomic E-state index is 0.198. The summed E-state index contributed by atoms with van der Waals surface area (Å²) in [6.07, 6.45) is 0. The average Bonchev–Trinajstić information content (AvgIpc) is 2.79. The zero-order chi connectivity index (χ0) is 21.1. The third-order valence-electron chi connectivity index (χ3n) is 4.86. The predicted octanol–water partition coefficient (Wildman–Crippen LogP) is 6.20. The summed E-state index contributed by atoms with van der Waals surface area (Å²) in [6, 6.07) is 26.3. The van der Waals surface area contributed by atoms with Crippen molar-refractivity contribution in [2.24, 2.45) is 0 Å². The van der Waals surface area contributed by atoms with Crippen LogP contribution in [0.4, 0.5) is 5.69 Å². The number of carbonyl (C=O) groups is 2. The van der Waals surface area contributed by atoms with Crippen LogP contribution in [0, 0.1) is 0 Å². The van der Waals surface area contributed by atoms with E-state index in [-0.39, 0.29) is 11.5 Å². The number of fused-ring (bicyclic) bond motifs is 1. The fourth-order valence-electron chi connectivity index (χ4n) is 3.40. The molecule has 0 saturated carbocycles. The van der Waals surface area contributed by atoms with Gasteiger partial charge in [-0.15, -0.1) is 0 Å². The molecule has 0 bridgehead atoms. The number of halogens is 1. The van der Waals surface area contributed by atoms with E-state index >= 15 is 0 Å². The van der Waals surface area contributed by atoms with Crippen LogP contribution in [0.3, 0.4) is 0 Å². The van der Waals surface area contributed by atoms with E-state index in [9.17, 15) is 9.59 Å². The minimum Gasteiger partial charge on any atom is -0.465 e. The molecule has 4 aromatic carbocycles. The highest BCUT2D eigenvalue weighted by Gasteiger charge is 2.16. The van der Waals surface area contributed by atoms with Gasteiger partial charge in [-0.1, -0.05) is 66.2 Å². The van der Waals surface area contributed by atoms with Crippen LogP contribution in [0.2, 0.25) is 5.02 Å². The highest BCUT2D eigenvalue weighted by molar-refractivity contribution is 6.31. The lowest BCUT2D eigenvalue weighted by Crippen LogP contribution is -2.15. The molecule has 1 amide bonds. The van der Waals surface area contributed by atoms with Gasteiger partial charge in [0.2, 0.25) is 0 Å². The highest BCUT2D eigenvalue weighted by atomic mass is 35.5.